The summed E-state index contributed by atoms with van der Waals surface area (Å²) in [6.45, 7) is 4.28. The monoisotopic (exact) mass is 700 g/mol. The molecule has 1 amide bonds. The van der Waals surface area contributed by atoms with Crippen LogP contribution >= 0.6 is 0 Å². The van der Waals surface area contributed by atoms with Gasteiger partial charge in [-0.3, -0.25) is 4.79 Å². The maximum atomic E-state index is 12.4. The normalized spacial score (nSPS) is 13.4. The van der Waals surface area contributed by atoms with Gasteiger partial charge in [-0.2, -0.15) is 0 Å². The lowest BCUT2D eigenvalue weighted by atomic mass is 10.0. The van der Waals surface area contributed by atoms with Crippen molar-refractivity contribution in [3.8, 4) is 0 Å². The SMILES string of the molecule is CCCCCCC/C=C\C/C=C\CCCCCCCCCCCCCC(=O)NC(CO)C(O)/C=C/CC/C=C/CCCCCCCCCCC. The van der Waals surface area contributed by atoms with Crippen LogP contribution in [0.2, 0.25) is 0 Å². The Bertz CT molecular complexity index is 801. The molecule has 0 radical (unpaired) electrons. The molecular weight excluding hydrogens is 615 g/mol. The molecule has 0 aliphatic carbocycles. The van der Waals surface area contributed by atoms with Crippen LogP contribution in [-0.4, -0.2) is 34.9 Å². The molecule has 0 bridgehead atoms. The van der Waals surface area contributed by atoms with Gasteiger partial charge < -0.3 is 15.5 Å². The Balaban J connectivity index is 3.60. The lowest BCUT2D eigenvalue weighted by Crippen LogP contribution is -2.45. The Hall–Kier alpha value is -1.65. The topological polar surface area (TPSA) is 69.6 Å². The zero-order valence-electron chi connectivity index (χ0n) is 33.4. The molecule has 0 aliphatic heterocycles. The number of carbonyl (C=O) groups excluding carboxylic acids is 1. The minimum atomic E-state index is -0.862. The third-order valence-corrected chi connectivity index (χ3v) is 9.78. The smallest absolute Gasteiger partial charge is 0.220 e. The molecule has 2 unspecified atom stereocenters. The van der Waals surface area contributed by atoms with Gasteiger partial charge in [-0.05, 0) is 64.2 Å². The standard InChI is InChI=1S/C46H85NO3/c1-3-5-7-9-11-13-15-17-19-20-21-22-23-24-25-26-28-30-32-34-36-38-40-42-46(50)47-44(43-48)45(49)41-39-37-35-33-31-29-27-18-16-14-12-10-8-6-4-2/h15,17,20-21,31,33,39,41,44-45,48-49H,3-14,16,18-19,22-30,32,34-38,40,42-43H2,1-2H3,(H,47,50)/b17-15-,21-20-,33-31+,41-39+. The molecule has 0 saturated carbocycles. The number of aliphatic hydroxyl groups excluding tert-OH is 2. The van der Waals surface area contributed by atoms with Gasteiger partial charge in [0.1, 0.15) is 0 Å². The molecule has 0 aromatic heterocycles. The fourth-order valence-electron chi connectivity index (χ4n) is 6.40. The summed E-state index contributed by atoms with van der Waals surface area (Å²) in [5, 5.41) is 23.0. The van der Waals surface area contributed by atoms with Crippen LogP contribution in [0.5, 0.6) is 0 Å². The highest BCUT2D eigenvalue weighted by Crippen LogP contribution is 2.14. The van der Waals surface area contributed by atoms with Crippen molar-refractivity contribution < 1.29 is 15.0 Å². The highest BCUT2D eigenvalue weighted by molar-refractivity contribution is 5.76. The molecule has 4 heteroatoms. The molecule has 0 heterocycles. The highest BCUT2D eigenvalue weighted by Gasteiger charge is 2.17. The quantitative estimate of drug-likeness (QED) is 0.0442. The van der Waals surface area contributed by atoms with Gasteiger partial charge in [0.05, 0.1) is 18.8 Å². The second kappa shape index (κ2) is 41.8. The molecule has 4 nitrogen and oxygen atoms in total. The predicted octanol–water partition coefficient (Wildman–Crippen LogP) is 13.6. The first-order valence-corrected chi connectivity index (χ1v) is 21.9. The fourth-order valence-corrected chi connectivity index (χ4v) is 6.40. The summed E-state index contributed by atoms with van der Waals surface area (Å²) in [6.07, 6.45) is 56.4. The number of unbranched alkanes of at least 4 members (excludes halogenated alkanes) is 26. The molecular formula is C46H85NO3. The summed E-state index contributed by atoms with van der Waals surface area (Å²) in [5.74, 6) is -0.0771. The Morgan fingerprint density at radius 3 is 1.28 bits per heavy atom. The van der Waals surface area contributed by atoms with Crippen molar-refractivity contribution in [1.29, 1.82) is 0 Å². The van der Waals surface area contributed by atoms with Crippen molar-refractivity contribution in [3.63, 3.8) is 0 Å². The van der Waals surface area contributed by atoms with Crippen LogP contribution in [0, 0.1) is 0 Å². The molecule has 3 N–H and O–H groups in total. The third kappa shape index (κ3) is 37.6. The second-order valence-corrected chi connectivity index (χ2v) is 14.8. The van der Waals surface area contributed by atoms with Crippen LogP contribution < -0.4 is 5.32 Å². The van der Waals surface area contributed by atoms with Crippen LogP contribution in [0.25, 0.3) is 0 Å². The molecule has 0 aliphatic rings. The number of hydrogen-bond acceptors (Lipinski definition) is 3. The summed E-state index contributed by atoms with van der Waals surface area (Å²) in [6, 6.07) is -0.639. The summed E-state index contributed by atoms with van der Waals surface area (Å²) in [4.78, 5) is 12.4. The van der Waals surface area contributed by atoms with Gasteiger partial charge in [-0.25, -0.2) is 0 Å². The van der Waals surface area contributed by atoms with Crippen molar-refractivity contribution in [2.45, 2.75) is 231 Å². The van der Waals surface area contributed by atoms with Crippen LogP contribution in [0.4, 0.5) is 0 Å². The fraction of sp³-hybridized carbons (Fsp3) is 0.804. The molecule has 292 valence electrons. The Morgan fingerprint density at radius 2 is 0.840 bits per heavy atom. The van der Waals surface area contributed by atoms with Gasteiger partial charge in [0.2, 0.25) is 5.91 Å². The molecule has 50 heavy (non-hydrogen) atoms. The van der Waals surface area contributed by atoms with Gasteiger partial charge in [-0.15, -0.1) is 0 Å². The van der Waals surface area contributed by atoms with Crippen LogP contribution in [0.15, 0.2) is 48.6 Å². The third-order valence-electron chi connectivity index (χ3n) is 9.78. The van der Waals surface area contributed by atoms with Gasteiger partial charge in [0, 0.05) is 6.42 Å². The van der Waals surface area contributed by atoms with Crippen LogP contribution in [0.3, 0.4) is 0 Å². The largest absolute Gasteiger partial charge is 0.394 e. The minimum Gasteiger partial charge on any atom is -0.394 e. The molecule has 0 aromatic carbocycles. The van der Waals surface area contributed by atoms with Gasteiger partial charge in [-0.1, -0.05) is 197 Å². The van der Waals surface area contributed by atoms with E-state index in [9.17, 15) is 15.0 Å². The lowest BCUT2D eigenvalue weighted by molar-refractivity contribution is -0.123. The van der Waals surface area contributed by atoms with E-state index in [0.717, 1.165) is 38.5 Å². The average molecular weight is 700 g/mol. The van der Waals surface area contributed by atoms with Crippen LogP contribution in [-0.2, 0) is 4.79 Å². The van der Waals surface area contributed by atoms with E-state index >= 15 is 0 Å². The minimum absolute atomic E-state index is 0.0771. The number of carbonyl (C=O) groups is 1. The Labute approximate surface area is 312 Å². The zero-order valence-corrected chi connectivity index (χ0v) is 33.4. The number of amides is 1. The molecule has 2 atom stereocenters. The zero-order chi connectivity index (χ0) is 36.4. The molecule has 0 spiro atoms. The molecule has 0 saturated heterocycles. The van der Waals surface area contributed by atoms with E-state index in [2.05, 4.69) is 55.6 Å². The van der Waals surface area contributed by atoms with Crippen molar-refractivity contribution >= 4 is 5.91 Å². The van der Waals surface area contributed by atoms with E-state index in [1.54, 1.807) is 6.08 Å². The summed E-state index contributed by atoms with van der Waals surface area (Å²) in [5.41, 5.74) is 0. The van der Waals surface area contributed by atoms with Gasteiger partial charge >= 0.3 is 0 Å². The maximum Gasteiger partial charge on any atom is 0.220 e. The summed E-state index contributed by atoms with van der Waals surface area (Å²) in [7, 11) is 0. The van der Waals surface area contributed by atoms with Crippen molar-refractivity contribution in [2.75, 3.05) is 6.61 Å². The highest BCUT2D eigenvalue weighted by atomic mass is 16.3. The second-order valence-electron chi connectivity index (χ2n) is 14.8. The van der Waals surface area contributed by atoms with Crippen LogP contribution in [0.1, 0.15) is 219 Å². The van der Waals surface area contributed by atoms with Crippen molar-refractivity contribution in [3.05, 3.63) is 48.6 Å². The van der Waals surface area contributed by atoms with E-state index in [1.807, 2.05) is 6.08 Å². The first-order chi connectivity index (χ1) is 24.7. The molecule has 0 fully saturated rings. The number of nitrogens with one attached hydrogen (secondary N) is 1. The van der Waals surface area contributed by atoms with E-state index in [1.165, 1.54) is 161 Å². The number of allylic oxidation sites excluding steroid dienone is 7. The Morgan fingerprint density at radius 1 is 0.480 bits per heavy atom. The summed E-state index contributed by atoms with van der Waals surface area (Å²) >= 11 is 0. The maximum absolute atomic E-state index is 12.4. The first-order valence-electron chi connectivity index (χ1n) is 21.9. The number of aliphatic hydroxyl groups is 2. The number of rotatable bonds is 39. The summed E-state index contributed by atoms with van der Waals surface area (Å²) < 4.78 is 0. The first kappa shape index (κ1) is 48.3. The predicted molar refractivity (Wildman–Crippen MR) is 221 cm³/mol. The average Bonchev–Trinajstić information content (AvgIpc) is 3.12. The van der Waals surface area contributed by atoms with Gasteiger partial charge in [0.15, 0.2) is 0 Å². The number of hydrogen-bond donors (Lipinski definition) is 3. The van der Waals surface area contributed by atoms with E-state index in [0.29, 0.717) is 6.42 Å². The van der Waals surface area contributed by atoms with Gasteiger partial charge in [0.25, 0.3) is 0 Å². The van der Waals surface area contributed by atoms with E-state index < -0.39 is 12.1 Å². The van der Waals surface area contributed by atoms with E-state index in [-0.39, 0.29) is 12.5 Å². The molecule has 0 rings (SSSR count). The van der Waals surface area contributed by atoms with Crippen molar-refractivity contribution in [1.82, 2.24) is 5.32 Å². The Kier molecular flexibility index (Phi) is 40.4. The van der Waals surface area contributed by atoms with Crippen molar-refractivity contribution in [2.24, 2.45) is 0 Å². The lowest BCUT2D eigenvalue weighted by Gasteiger charge is -2.19. The molecule has 0 aromatic rings. The van der Waals surface area contributed by atoms with E-state index in [4.69, 9.17) is 0 Å².